The van der Waals surface area contributed by atoms with Gasteiger partial charge in [0.1, 0.15) is 0 Å². The lowest BCUT2D eigenvalue weighted by atomic mass is 9.83. The SMILES string of the molecule is Cl.O=C(NCCN1CCNC1=O)c1cc2c(s1)CCOC21CCNCC1. The van der Waals surface area contributed by atoms with Crippen LogP contribution >= 0.6 is 23.7 Å². The highest BCUT2D eigenvalue weighted by atomic mass is 35.5. The molecule has 4 heterocycles. The molecular formula is C17H25ClN4O3S. The number of fused-ring (bicyclic) bond motifs is 2. The number of amides is 3. The van der Waals surface area contributed by atoms with Crippen LogP contribution in [0.4, 0.5) is 4.79 Å². The highest BCUT2D eigenvalue weighted by molar-refractivity contribution is 7.14. The first-order valence-corrected chi connectivity index (χ1v) is 9.78. The van der Waals surface area contributed by atoms with Crippen LogP contribution in [0, 0.1) is 0 Å². The van der Waals surface area contributed by atoms with E-state index in [0.29, 0.717) is 26.2 Å². The smallest absolute Gasteiger partial charge is 0.317 e. The molecule has 0 bridgehead atoms. The summed E-state index contributed by atoms with van der Waals surface area (Å²) in [6.45, 7) is 5.04. The summed E-state index contributed by atoms with van der Waals surface area (Å²) in [6.07, 6.45) is 2.81. The van der Waals surface area contributed by atoms with Crippen LogP contribution in [-0.4, -0.2) is 62.7 Å². The summed E-state index contributed by atoms with van der Waals surface area (Å²) in [7, 11) is 0. The molecule has 0 radical (unpaired) electrons. The molecule has 1 aromatic rings. The van der Waals surface area contributed by atoms with Crippen molar-refractivity contribution in [2.24, 2.45) is 0 Å². The van der Waals surface area contributed by atoms with E-state index in [1.54, 1.807) is 16.2 Å². The molecule has 1 aromatic heterocycles. The largest absolute Gasteiger partial charge is 0.370 e. The minimum absolute atomic E-state index is 0. The summed E-state index contributed by atoms with van der Waals surface area (Å²) in [6, 6.07) is 1.98. The molecule has 144 valence electrons. The minimum Gasteiger partial charge on any atom is -0.370 e. The standard InChI is InChI=1S/C17H24N4O3S.ClH/c22-15(19-6-8-21-9-7-20-16(21)23)14-11-12-13(25-14)1-10-24-17(12)2-4-18-5-3-17;/h11,18H,1-10H2,(H,19,22)(H,20,23);1H. The number of hydrogen-bond acceptors (Lipinski definition) is 5. The normalized spacial score (nSPS) is 21.1. The predicted octanol–water partition coefficient (Wildman–Crippen LogP) is 1.08. The fourth-order valence-electron chi connectivity index (χ4n) is 3.89. The van der Waals surface area contributed by atoms with Gasteiger partial charge in [-0.1, -0.05) is 0 Å². The molecule has 9 heteroatoms. The van der Waals surface area contributed by atoms with Gasteiger partial charge in [-0.25, -0.2) is 4.79 Å². The molecule has 0 unspecified atom stereocenters. The lowest BCUT2D eigenvalue weighted by molar-refractivity contribution is -0.0792. The Morgan fingerprint density at radius 3 is 2.88 bits per heavy atom. The van der Waals surface area contributed by atoms with Gasteiger partial charge in [-0.3, -0.25) is 4.79 Å². The van der Waals surface area contributed by atoms with E-state index in [1.165, 1.54) is 10.4 Å². The number of rotatable bonds is 4. The predicted molar refractivity (Wildman–Crippen MR) is 102 cm³/mol. The van der Waals surface area contributed by atoms with E-state index in [-0.39, 0.29) is 29.9 Å². The van der Waals surface area contributed by atoms with Crippen LogP contribution in [0.15, 0.2) is 6.07 Å². The molecule has 2 fully saturated rings. The van der Waals surface area contributed by atoms with Crippen molar-refractivity contribution in [3.63, 3.8) is 0 Å². The summed E-state index contributed by atoms with van der Waals surface area (Å²) >= 11 is 1.59. The Hall–Kier alpha value is -1.35. The molecule has 0 saturated carbocycles. The van der Waals surface area contributed by atoms with Crippen LogP contribution in [0.25, 0.3) is 0 Å². The molecule has 2 saturated heterocycles. The fraction of sp³-hybridized carbons (Fsp3) is 0.647. The van der Waals surface area contributed by atoms with E-state index in [2.05, 4.69) is 16.0 Å². The van der Waals surface area contributed by atoms with Gasteiger partial charge in [-0.05, 0) is 37.6 Å². The van der Waals surface area contributed by atoms with Gasteiger partial charge in [0.15, 0.2) is 0 Å². The van der Waals surface area contributed by atoms with Crippen molar-refractivity contribution in [2.75, 3.05) is 45.9 Å². The molecule has 0 aromatic carbocycles. The van der Waals surface area contributed by atoms with Gasteiger partial charge in [0.25, 0.3) is 5.91 Å². The first-order chi connectivity index (χ1) is 12.2. The monoisotopic (exact) mass is 400 g/mol. The average molecular weight is 401 g/mol. The van der Waals surface area contributed by atoms with Gasteiger partial charge in [0.05, 0.1) is 17.1 Å². The van der Waals surface area contributed by atoms with Crippen molar-refractivity contribution in [2.45, 2.75) is 24.9 Å². The summed E-state index contributed by atoms with van der Waals surface area (Å²) in [5.74, 6) is -0.0527. The molecule has 3 amide bonds. The third-order valence-corrected chi connectivity index (χ3v) is 6.45. The van der Waals surface area contributed by atoms with E-state index in [1.807, 2.05) is 6.07 Å². The van der Waals surface area contributed by atoms with Crippen molar-refractivity contribution in [3.05, 3.63) is 21.4 Å². The zero-order chi connectivity index (χ0) is 17.3. The summed E-state index contributed by atoms with van der Waals surface area (Å²) < 4.78 is 6.17. The Balaban J connectivity index is 0.00000196. The van der Waals surface area contributed by atoms with Crippen LogP contribution in [0.2, 0.25) is 0 Å². The Labute approximate surface area is 163 Å². The molecule has 0 aliphatic carbocycles. The maximum absolute atomic E-state index is 12.5. The average Bonchev–Trinajstić information content (AvgIpc) is 3.23. The molecule has 0 atom stereocenters. The van der Waals surface area contributed by atoms with Gasteiger partial charge in [0, 0.05) is 37.5 Å². The zero-order valence-electron chi connectivity index (χ0n) is 14.6. The summed E-state index contributed by atoms with van der Waals surface area (Å²) in [4.78, 5) is 27.8. The fourth-order valence-corrected chi connectivity index (χ4v) is 5.04. The van der Waals surface area contributed by atoms with E-state index >= 15 is 0 Å². The number of piperidine rings is 1. The van der Waals surface area contributed by atoms with E-state index in [0.717, 1.165) is 43.8 Å². The van der Waals surface area contributed by atoms with Crippen molar-refractivity contribution in [1.82, 2.24) is 20.9 Å². The van der Waals surface area contributed by atoms with Crippen LogP contribution in [0.3, 0.4) is 0 Å². The maximum Gasteiger partial charge on any atom is 0.317 e. The van der Waals surface area contributed by atoms with Gasteiger partial charge < -0.3 is 25.6 Å². The van der Waals surface area contributed by atoms with Crippen LogP contribution in [0.5, 0.6) is 0 Å². The highest BCUT2D eigenvalue weighted by Gasteiger charge is 2.40. The van der Waals surface area contributed by atoms with Gasteiger partial charge in [-0.2, -0.15) is 0 Å². The second-order valence-electron chi connectivity index (χ2n) is 6.77. The third kappa shape index (κ3) is 3.69. The lowest BCUT2D eigenvalue weighted by Gasteiger charge is -2.40. The van der Waals surface area contributed by atoms with Crippen LogP contribution in [0.1, 0.15) is 33.0 Å². The van der Waals surface area contributed by atoms with E-state index in [9.17, 15) is 9.59 Å². The Bertz CT molecular complexity index is 675. The number of thiophene rings is 1. The maximum atomic E-state index is 12.5. The number of hydrogen-bond donors (Lipinski definition) is 3. The molecule has 4 rings (SSSR count). The topological polar surface area (TPSA) is 82.7 Å². The molecule has 3 aliphatic heterocycles. The number of carbonyl (C=O) groups excluding carboxylic acids is 2. The van der Waals surface area contributed by atoms with E-state index < -0.39 is 0 Å². The molecular weight excluding hydrogens is 376 g/mol. The summed E-state index contributed by atoms with van der Waals surface area (Å²) in [5.41, 5.74) is 1.01. The number of carbonyl (C=O) groups is 2. The van der Waals surface area contributed by atoms with Crippen molar-refractivity contribution in [3.8, 4) is 0 Å². The molecule has 3 aliphatic rings. The van der Waals surface area contributed by atoms with Gasteiger partial charge in [-0.15, -0.1) is 23.7 Å². The van der Waals surface area contributed by atoms with Crippen LogP contribution in [-0.2, 0) is 16.8 Å². The molecule has 3 N–H and O–H groups in total. The Kier molecular flexibility index (Phi) is 6.06. The number of urea groups is 1. The number of nitrogens with one attached hydrogen (secondary N) is 3. The highest BCUT2D eigenvalue weighted by Crippen LogP contribution is 2.43. The second kappa shape index (κ2) is 8.12. The Morgan fingerprint density at radius 1 is 1.35 bits per heavy atom. The second-order valence-corrected chi connectivity index (χ2v) is 7.90. The third-order valence-electron chi connectivity index (χ3n) is 5.25. The van der Waals surface area contributed by atoms with Crippen molar-refractivity contribution >= 4 is 35.7 Å². The van der Waals surface area contributed by atoms with Crippen molar-refractivity contribution in [1.29, 1.82) is 0 Å². The quantitative estimate of drug-likeness (QED) is 0.706. The number of nitrogens with zero attached hydrogens (tertiary/aromatic N) is 1. The first kappa shape index (κ1) is 19.4. The lowest BCUT2D eigenvalue weighted by Crippen LogP contribution is -2.44. The molecule has 26 heavy (non-hydrogen) atoms. The van der Waals surface area contributed by atoms with Crippen molar-refractivity contribution < 1.29 is 14.3 Å². The van der Waals surface area contributed by atoms with Crippen LogP contribution < -0.4 is 16.0 Å². The number of halogens is 1. The zero-order valence-corrected chi connectivity index (χ0v) is 16.3. The minimum atomic E-state index is -0.207. The number of ether oxygens (including phenoxy) is 1. The molecule has 7 nitrogen and oxygen atoms in total. The first-order valence-electron chi connectivity index (χ1n) is 8.97. The molecule has 1 spiro atoms. The van der Waals surface area contributed by atoms with Gasteiger partial charge in [0.2, 0.25) is 0 Å². The Morgan fingerprint density at radius 2 is 2.15 bits per heavy atom. The van der Waals surface area contributed by atoms with E-state index in [4.69, 9.17) is 4.74 Å². The summed E-state index contributed by atoms with van der Waals surface area (Å²) in [5, 5.41) is 9.09. The van der Waals surface area contributed by atoms with Gasteiger partial charge >= 0.3 is 6.03 Å².